The highest BCUT2D eigenvalue weighted by molar-refractivity contribution is 5.30. The van der Waals surface area contributed by atoms with E-state index in [0.29, 0.717) is 31.0 Å². The molecular formula is C16H24FNO2. The SMILES string of the molecule is CC(C)c1ccc(OCCOC2CCNCC2)c(F)c1. The van der Waals surface area contributed by atoms with Crippen LogP contribution in [0.25, 0.3) is 0 Å². The fourth-order valence-corrected chi connectivity index (χ4v) is 2.32. The van der Waals surface area contributed by atoms with Crippen molar-refractivity contribution in [3.05, 3.63) is 29.6 Å². The van der Waals surface area contributed by atoms with Crippen LogP contribution in [0, 0.1) is 5.82 Å². The average molecular weight is 281 g/mol. The number of ether oxygens (including phenoxy) is 2. The van der Waals surface area contributed by atoms with Gasteiger partial charge < -0.3 is 14.8 Å². The molecule has 0 amide bonds. The zero-order chi connectivity index (χ0) is 14.4. The van der Waals surface area contributed by atoms with Crippen LogP contribution in [-0.2, 0) is 4.74 Å². The molecule has 3 nitrogen and oxygen atoms in total. The molecule has 1 saturated heterocycles. The molecule has 1 aliphatic rings. The Morgan fingerprint density at radius 2 is 2.00 bits per heavy atom. The number of hydrogen-bond acceptors (Lipinski definition) is 3. The summed E-state index contributed by atoms with van der Waals surface area (Å²) in [4.78, 5) is 0. The van der Waals surface area contributed by atoms with Gasteiger partial charge in [0.1, 0.15) is 6.61 Å². The molecule has 1 heterocycles. The Morgan fingerprint density at radius 3 is 2.65 bits per heavy atom. The van der Waals surface area contributed by atoms with Crippen molar-refractivity contribution in [3.63, 3.8) is 0 Å². The number of piperidine rings is 1. The van der Waals surface area contributed by atoms with Gasteiger partial charge in [-0.15, -0.1) is 0 Å². The summed E-state index contributed by atoms with van der Waals surface area (Å²) >= 11 is 0. The Hall–Kier alpha value is -1.13. The van der Waals surface area contributed by atoms with Crippen LogP contribution < -0.4 is 10.1 Å². The van der Waals surface area contributed by atoms with Crippen LogP contribution in [0.1, 0.15) is 38.2 Å². The molecule has 4 heteroatoms. The van der Waals surface area contributed by atoms with Gasteiger partial charge in [0.2, 0.25) is 0 Å². The fourth-order valence-electron chi connectivity index (χ4n) is 2.32. The first kappa shape index (κ1) is 15.3. The van der Waals surface area contributed by atoms with E-state index < -0.39 is 0 Å². The zero-order valence-electron chi connectivity index (χ0n) is 12.3. The normalized spacial score (nSPS) is 16.6. The van der Waals surface area contributed by atoms with Crippen molar-refractivity contribution >= 4 is 0 Å². The molecule has 1 N–H and O–H groups in total. The maximum absolute atomic E-state index is 13.8. The third-order valence-corrected chi connectivity index (χ3v) is 3.60. The summed E-state index contributed by atoms with van der Waals surface area (Å²) in [6, 6.07) is 5.17. The van der Waals surface area contributed by atoms with Crippen molar-refractivity contribution < 1.29 is 13.9 Å². The molecule has 1 aromatic carbocycles. The van der Waals surface area contributed by atoms with Crippen LogP contribution in [-0.4, -0.2) is 32.4 Å². The second kappa shape index (κ2) is 7.60. The zero-order valence-corrected chi connectivity index (χ0v) is 12.3. The molecule has 0 spiro atoms. The van der Waals surface area contributed by atoms with Gasteiger partial charge in [0, 0.05) is 0 Å². The smallest absolute Gasteiger partial charge is 0.165 e. The van der Waals surface area contributed by atoms with Crippen LogP contribution in [0.4, 0.5) is 4.39 Å². The predicted octanol–water partition coefficient (Wildman–Crippen LogP) is 3.10. The monoisotopic (exact) mass is 281 g/mol. The summed E-state index contributed by atoms with van der Waals surface area (Å²) in [5.41, 5.74) is 0.987. The van der Waals surface area contributed by atoms with Gasteiger partial charge in [0.15, 0.2) is 11.6 Å². The highest BCUT2D eigenvalue weighted by Gasteiger charge is 2.13. The van der Waals surface area contributed by atoms with Crippen LogP contribution >= 0.6 is 0 Å². The molecule has 0 unspecified atom stereocenters. The van der Waals surface area contributed by atoms with Gasteiger partial charge in [-0.2, -0.15) is 0 Å². The minimum absolute atomic E-state index is 0.293. The summed E-state index contributed by atoms with van der Waals surface area (Å²) in [7, 11) is 0. The standard InChI is InChI=1S/C16H24FNO2/c1-12(2)13-3-4-16(15(17)11-13)20-10-9-19-14-5-7-18-8-6-14/h3-4,11-12,14,18H,5-10H2,1-2H3. The van der Waals surface area contributed by atoms with Crippen LogP contribution in [0.5, 0.6) is 5.75 Å². The minimum atomic E-state index is -0.293. The lowest BCUT2D eigenvalue weighted by atomic mass is 10.0. The fraction of sp³-hybridized carbons (Fsp3) is 0.625. The largest absolute Gasteiger partial charge is 0.488 e. The molecule has 1 aliphatic heterocycles. The first-order valence-corrected chi connectivity index (χ1v) is 7.41. The first-order chi connectivity index (χ1) is 9.66. The van der Waals surface area contributed by atoms with Gasteiger partial charge in [0.05, 0.1) is 12.7 Å². The second-order valence-electron chi connectivity index (χ2n) is 5.51. The molecular weight excluding hydrogens is 257 g/mol. The molecule has 0 aromatic heterocycles. The van der Waals surface area contributed by atoms with Gasteiger partial charge >= 0.3 is 0 Å². The number of rotatable bonds is 6. The molecule has 20 heavy (non-hydrogen) atoms. The predicted molar refractivity (Wildman–Crippen MR) is 77.8 cm³/mol. The Kier molecular flexibility index (Phi) is 5.80. The van der Waals surface area contributed by atoms with Gasteiger partial charge in [-0.05, 0) is 49.5 Å². The second-order valence-corrected chi connectivity index (χ2v) is 5.51. The molecule has 0 aliphatic carbocycles. The van der Waals surface area contributed by atoms with Crippen molar-refractivity contribution in [1.82, 2.24) is 5.32 Å². The maximum atomic E-state index is 13.8. The van der Waals surface area contributed by atoms with Gasteiger partial charge in [-0.25, -0.2) is 4.39 Å². The molecule has 0 radical (unpaired) electrons. The van der Waals surface area contributed by atoms with E-state index >= 15 is 0 Å². The van der Waals surface area contributed by atoms with E-state index in [-0.39, 0.29) is 5.82 Å². The topological polar surface area (TPSA) is 30.5 Å². The quantitative estimate of drug-likeness (QED) is 0.813. The number of halogens is 1. The van der Waals surface area contributed by atoms with E-state index in [1.54, 1.807) is 12.1 Å². The van der Waals surface area contributed by atoms with E-state index in [1.807, 2.05) is 19.9 Å². The lowest BCUT2D eigenvalue weighted by molar-refractivity contribution is 0.0163. The molecule has 1 aromatic rings. The maximum Gasteiger partial charge on any atom is 0.165 e. The van der Waals surface area contributed by atoms with E-state index in [2.05, 4.69) is 5.32 Å². The third kappa shape index (κ3) is 4.46. The first-order valence-electron chi connectivity index (χ1n) is 7.41. The molecule has 2 rings (SSSR count). The van der Waals surface area contributed by atoms with Crippen LogP contribution in [0.15, 0.2) is 18.2 Å². The van der Waals surface area contributed by atoms with E-state index in [0.717, 1.165) is 31.5 Å². The number of benzene rings is 1. The van der Waals surface area contributed by atoms with Crippen molar-refractivity contribution in [2.75, 3.05) is 26.3 Å². The minimum Gasteiger partial charge on any atom is -0.488 e. The van der Waals surface area contributed by atoms with Crippen LogP contribution in [0.3, 0.4) is 0 Å². The summed E-state index contributed by atoms with van der Waals surface area (Å²) < 4.78 is 25.0. The highest BCUT2D eigenvalue weighted by atomic mass is 19.1. The summed E-state index contributed by atoms with van der Waals surface area (Å²) in [6.45, 7) is 7.01. The van der Waals surface area contributed by atoms with Gasteiger partial charge in [0.25, 0.3) is 0 Å². The van der Waals surface area contributed by atoms with Crippen LogP contribution in [0.2, 0.25) is 0 Å². The Balaban J connectivity index is 1.73. The van der Waals surface area contributed by atoms with Crippen molar-refractivity contribution in [3.8, 4) is 5.75 Å². The van der Waals surface area contributed by atoms with E-state index in [9.17, 15) is 4.39 Å². The number of nitrogens with one attached hydrogen (secondary N) is 1. The number of hydrogen-bond donors (Lipinski definition) is 1. The van der Waals surface area contributed by atoms with Crippen molar-refractivity contribution in [1.29, 1.82) is 0 Å². The van der Waals surface area contributed by atoms with E-state index in [1.165, 1.54) is 0 Å². The summed E-state index contributed by atoms with van der Waals surface area (Å²) in [5.74, 6) is 0.336. The Bertz CT molecular complexity index is 417. The molecule has 0 bridgehead atoms. The Labute approximate surface area is 120 Å². The highest BCUT2D eigenvalue weighted by Crippen LogP contribution is 2.22. The van der Waals surface area contributed by atoms with Crippen molar-refractivity contribution in [2.24, 2.45) is 0 Å². The average Bonchev–Trinajstić information content (AvgIpc) is 2.46. The Morgan fingerprint density at radius 1 is 1.25 bits per heavy atom. The lowest BCUT2D eigenvalue weighted by Crippen LogP contribution is -2.33. The third-order valence-electron chi connectivity index (χ3n) is 3.60. The summed E-state index contributed by atoms with van der Waals surface area (Å²) in [6.07, 6.45) is 2.39. The van der Waals surface area contributed by atoms with Crippen molar-refractivity contribution in [2.45, 2.75) is 38.7 Å². The van der Waals surface area contributed by atoms with Gasteiger partial charge in [-0.1, -0.05) is 19.9 Å². The summed E-state index contributed by atoms with van der Waals surface area (Å²) in [5, 5.41) is 3.29. The lowest BCUT2D eigenvalue weighted by Gasteiger charge is -2.22. The molecule has 1 fully saturated rings. The van der Waals surface area contributed by atoms with Gasteiger partial charge in [-0.3, -0.25) is 0 Å². The van der Waals surface area contributed by atoms with E-state index in [4.69, 9.17) is 9.47 Å². The molecule has 0 atom stereocenters. The molecule has 112 valence electrons. The molecule has 0 saturated carbocycles.